The van der Waals surface area contributed by atoms with Gasteiger partial charge in [-0.15, -0.1) is 0 Å². The van der Waals surface area contributed by atoms with Gasteiger partial charge in [0.2, 0.25) is 5.91 Å². The predicted molar refractivity (Wildman–Crippen MR) is 150 cm³/mol. The normalized spacial score (nSPS) is 20.1. The molecule has 4 rings (SSSR count). The zero-order chi connectivity index (χ0) is 27.6. The van der Waals surface area contributed by atoms with Crippen LogP contribution in [0.3, 0.4) is 0 Å². The molecule has 3 aliphatic rings. The Bertz CT molecular complexity index is 1190. The van der Waals surface area contributed by atoms with Crippen LogP contribution in [0, 0.1) is 5.92 Å². The van der Waals surface area contributed by atoms with E-state index in [4.69, 9.17) is 21.3 Å². The van der Waals surface area contributed by atoms with Crippen molar-refractivity contribution in [2.24, 2.45) is 10.9 Å². The Kier molecular flexibility index (Phi) is 8.57. The number of carbonyl (C=O) groups excluding carboxylic acids is 3. The molecule has 10 heteroatoms. The lowest BCUT2D eigenvalue weighted by molar-refractivity contribution is -0.151. The van der Waals surface area contributed by atoms with Gasteiger partial charge >= 0.3 is 5.97 Å². The molecule has 8 nitrogen and oxygen atoms in total. The van der Waals surface area contributed by atoms with Crippen molar-refractivity contribution in [2.45, 2.75) is 65.5 Å². The number of hydrogen-bond acceptors (Lipinski definition) is 7. The van der Waals surface area contributed by atoms with Crippen LogP contribution in [0.5, 0.6) is 0 Å². The molecule has 0 saturated carbocycles. The predicted octanol–water partition coefficient (Wildman–Crippen LogP) is 5.02. The third kappa shape index (κ3) is 6.26. The highest BCUT2D eigenvalue weighted by Crippen LogP contribution is 2.45. The summed E-state index contributed by atoms with van der Waals surface area (Å²) in [6.07, 6.45) is 1.37. The largest absolute Gasteiger partial charge is 0.466 e. The van der Waals surface area contributed by atoms with Crippen molar-refractivity contribution in [1.29, 1.82) is 0 Å². The van der Waals surface area contributed by atoms with Crippen molar-refractivity contribution in [3.8, 4) is 0 Å². The van der Waals surface area contributed by atoms with Crippen LogP contribution in [-0.4, -0.2) is 58.0 Å². The van der Waals surface area contributed by atoms with E-state index in [-0.39, 0.29) is 30.1 Å². The number of allylic oxidation sites excluding steroid dienone is 1. The molecule has 1 fully saturated rings. The second-order valence-electron chi connectivity index (χ2n) is 10.7. The summed E-state index contributed by atoms with van der Waals surface area (Å²) in [6, 6.07) is 6.99. The molecule has 0 spiro atoms. The molecule has 2 amide bonds. The summed E-state index contributed by atoms with van der Waals surface area (Å²) in [4.78, 5) is 47.6. The van der Waals surface area contributed by atoms with E-state index in [1.54, 1.807) is 6.92 Å². The third-order valence-corrected chi connectivity index (χ3v) is 7.86. The number of halogens is 1. The van der Waals surface area contributed by atoms with Gasteiger partial charge in [0.1, 0.15) is 0 Å². The summed E-state index contributed by atoms with van der Waals surface area (Å²) >= 11 is 7.64. The minimum atomic E-state index is -0.453. The van der Waals surface area contributed by atoms with Crippen LogP contribution in [0.1, 0.15) is 65.5 Å². The maximum absolute atomic E-state index is 13.5. The molecule has 1 unspecified atom stereocenters. The molecule has 0 aromatic heterocycles. The molecule has 3 heterocycles. The van der Waals surface area contributed by atoms with Crippen LogP contribution in [0.2, 0.25) is 5.02 Å². The number of carbonyl (C=O) groups is 3. The Morgan fingerprint density at radius 2 is 1.82 bits per heavy atom. The minimum absolute atomic E-state index is 0.0118. The second-order valence-corrected chi connectivity index (χ2v) is 12.0. The first-order valence-corrected chi connectivity index (χ1v) is 14.2. The van der Waals surface area contributed by atoms with Gasteiger partial charge < -0.3 is 19.9 Å². The Morgan fingerprint density at radius 1 is 1.16 bits per heavy atom. The van der Waals surface area contributed by atoms with Gasteiger partial charge in [-0.1, -0.05) is 35.5 Å². The molecule has 3 aliphatic heterocycles. The molecule has 204 valence electrons. The SMILES string of the molecule is CCOC(=O)C1CCN(C(=O)CC2=CSC3=NC(C)=C(C(=O)NC(C)(C)C)C(c4ccc(Cl)cc4)N23)CC1. The van der Waals surface area contributed by atoms with E-state index in [2.05, 4.69) is 5.32 Å². The van der Waals surface area contributed by atoms with Crippen LogP contribution in [0.25, 0.3) is 0 Å². The number of piperidine rings is 1. The number of fused-ring (bicyclic) bond motifs is 1. The van der Waals surface area contributed by atoms with E-state index in [9.17, 15) is 14.4 Å². The topological polar surface area (TPSA) is 91.3 Å². The van der Waals surface area contributed by atoms with E-state index in [1.165, 1.54) is 11.8 Å². The molecule has 0 bridgehead atoms. The van der Waals surface area contributed by atoms with Gasteiger partial charge in [0.25, 0.3) is 5.91 Å². The van der Waals surface area contributed by atoms with Gasteiger partial charge in [-0.05, 0) is 70.6 Å². The number of benzene rings is 1. The van der Waals surface area contributed by atoms with Crippen molar-refractivity contribution < 1.29 is 19.1 Å². The summed E-state index contributed by atoms with van der Waals surface area (Å²) in [6.45, 7) is 10.9. The van der Waals surface area contributed by atoms with Gasteiger partial charge in [-0.25, -0.2) is 4.99 Å². The summed E-state index contributed by atoms with van der Waals surface area (Å²) in [5, 5.41) is 6.37. The molecular formula is C28H35ClN4O4S. The van der Waals surface area contributed by atoms with Gasteiger partial charge in [0.15, 0.2) is 5.17 Å². The Balaban J connectivity index is 1.57. The first-order chi connectivity index (χ1) is 18.0. The highest BCUT2D eigenvalue weighted by atomic mass is 35.5. The first kappa shape index (κ1) is 28.2. The van der Waals surface area contributed by atoms with Gasteiger partial charge in [0.05, 0.1) is 36.3 Å². The quantitative estimate of drug-likeness (QED) is 0.493. The van der Waals surface area contributed by atoms with Crippen molar-refractivity contribution in [1.82, 2.24) is 15.1 Å². The third-order valence-electron chi connectivity index (χ3n) is 6.72. The van der Waals surface area contributed by atoms with Crippen molar-refractivity contribution >= 4 is 46.3 Å². The fourth-order valence-electron chi connectivity index (χ4n) is 4.92. The number of nitrogens with zero attached hydrogens (tertiary/aromatic N) is 3. The van der Waals surface area contributed by atoms with E-state index < -0.39 is 11.6 Å². The molecule has 0 radical (unpaired) electrons. The average molecular weight is 559 g/mol. The minimum Gasteiger partial charge on any atom is -0.466 e. The fourth-order valence-corrected chi connectivity index (χ4v) is 6.01. The van der Waals surface area contributed by atoms with E-state index in [0.29, 0.717) is 48.8 Å². The molecule has 1 saturated heterocycles. The highest BCUT2D eigenvalue weighted by molar-refractivity contribution is 8.16. The molecule has 0 aliphatic carbocycles. The van der Waals surface area contributed by atoms with Gasteiger partial charge in [-0.2, -0.15) is 0 Å². The smallest absolute Gasteiger partial charge is 0.309 e. The number of rotatable bonds is 6. The zero-order valence-electron chi connectivity index (χ0n) is 22.5. The van der Waals surface area contributed by atoms with Crippen LogP contribution < -0.4 is 5.32 Å². The average Bonchev–Trinajstić information content (AvgIpc) is 3.24. The Labute approximate surface area is 233 Å². The van der Waals surface area contributed by atoms with Crippen molar-refractivity contribution in [3.05, 3.63) is 57.2 Å². The maximum atomic E-state index is 13.5. The maximum Gasteiger partial charge on any atom is 0.309 e. The number of hydrogen-bond donors (Lipinski definition) is 1. The Morgan fingerprint density at radius 3 is 2.42 bits per heavy atom. The molecule has 1 aromatic rings. The van der Waals surface area contributed by atoms with E-state index >= 15 is 0 Å². The lowest BCUT2D eigenvalue weighted by atomic mass is 9.92. The summed E-state index contributed by atoms with van der Waals surface area (Å²) in [5.41, 5.74) is 2.44. The number of likely N-dealkylation sites (tertiary alicyclic amines) is 1. The van der Waals surface area contributed by atoms with Crippen molar-refractivity contribution in [3.63, 3.8) is 0 Å². The summed E-state index contributed by atoms with van der Waals surface area (Å²) < 4.78 is 5.15. The van der Waals surface area contributed by atoms with Gasteiger partial charge in [-0.3, -0.25) is 14.4 Å². The number of nitrogens with one attached hydrogen (secondary N) is 1. The van der Waals surface area contributed by atoms with Crippen molar-refractivity contribution in [2.75, 3.05) is 19.7 Å². The number of aliphatic imine (C=N–C) groups is 1. The molecule has 1 atom stereocenters. The van der Waals surface area contributed by atoms with Gasteiger partial charge in [0, 0.05) is 29.3 Å². The number of thioether (sulfide) groups is 1. The van der Waals surface area contributed by atoms with E-state index in [1.807, 2.05) is 67.2 Å². The number of amides is 2. The molecule has 38 heavy (non-hydrogen) atoms. The number of ether oxygens (including phenoxy) is 1. The summed E-state index contributed by atoms with van der Waals surface area (Å²) in [7, 11) is 0. The van der Waals surface area contributed by atoms with Crippen LogP contribution in [0.15, 0.2) is 51.6 Å². The lowest BCUT2D eigenvalue weighted by Gasteiger charge is -2.38. The molecule has 1 aromatic carbocycles. The van der Waals surface area contributed by atoms with E-state index in [0.717, 1.165) is 16.4 Å². The van der Waals surface area contributed by atoms with Crippen LogP contribution in [-0.2, 0) is 19.1 Å². The highest BCUT2D eigenvalue weighted by Gasteiger charge is 2.41. The fraction of sp³-hybridized carbons (Fsp3) is 0.500. The molecule has 1 N–H and O–H groups in total. The standard InChI is InChI=1S/C28H35ClN4O4S/c1-6-37-26(36)19-11-13-32(14-12-19)22(34)15-21-16-38-27-30-17(2)23(25(35)31-28(3,4)5)24(33(21)27)18-7-9-20(29)10-8-18/h7-10,16,19,24H,6,11-15H2,1-5H3,(H,31,35). The Hall–Kier alpha value is -2.78. The van der Waals surface area contributed by atoms with Crippen LogP contribution >= 0.6 is 23.4 Å². The molecular weight excluding hydrogens is 524 g/mol. The monoisotopic (exact) mass is 558 g/mol. The number of amidine groups is 1. The summed E-state index contributed by atoms with van der Waals surface area (Å²) in [5.74, 6) is -0.548. The number of esters is 1. The zero-order valence-corrected chi connectivity index (χ0v) is 24.1. The van der Waals surface area contributed by atoms with Crippen LogP contribution in [0.4, 0.5) is 0 Å². The second kappa shape index (κ2) is 11.5. The lowest BCUT2D eigenvalue weighted by Crippen LogP contribution is -2.46. The first-order valence-electron chi connectivity index (χ1n) is 12.9.